The highest BCUT2D eigenvalue weighted by Crippen LogP contribution is 2.21. The van der Waals surface area contributed by atoms with E-state index in [1.54, 1.807) is 0 Å². The first-order valence-electron chi connectivity index (χ1n) is 8.23. The molecule has 0 aliphatic rings. The van der Waals surface area contributed by atoms with Gasteiger partial charge in [0, 0.05) is 30.1 Å². The number of unbranched alkanes of at least 4 members (excludes halogenated alkanes) is 3. The third-order valence-electron chi connectivity index (χ3n) is 3.94. The number of nitrogens with one attached hydrogen (secondary N) is 1. The average Bonchev–Trinajstić information content (AvgIpc) is 2.89. The molecule has 0 radical (unpaired) electrons. The Morgan fingerprint density at radius 2 is 1.96 bits per heavy atom. The summed E-state index contributed by atoms with van der Waals surface area (Å²) in [6.07, 6.45) is 7.40. The van der Waals surface area contributed by atoms with Crippen LogP contribution in [0.5, 0.6) is 0 Å². The lowest BCUT2D eigenvalue weighted by atomic mass is 10.1. The summed E-state index contributed by atoms with van der Waals surface area (Å²) in [6.45, 7) is 1.71. The van der Waals surface area contributed by atoms with E-state index in [0.29, 0.717) is 13.0 Å². The molecule has 2 aromatic rings. The molecule has 1 aromatic carbocycles. The molecule has 1 amide bonds. The number of benzene rings is 1. The Bertz CT molecular complexity index is 649. The Morgan fingerprint density at radius 3 is 2.74 bits per heavy atom. The third-order valence-corrected chi connectivity index (χ3v) is 3.94. The summed E-state index contributed by atoms with van der Waals surface area (Å²) in [6, 6.07) is 7.85. The van der Waals surface area contributed by atoms with Crippen molar-refractivity contribution in [3.8, 4) is 0 Å². The quantitative estimate of drug-likeness (QED) is 0.520. The number of fused-ring (bicyclic) bond motifs is 1. The van der Waals surface area contributed by atoms with Gasteiger partial charge in [-0.15, -0.1) is 0 Å². The van der Waals surface area contributed by atoms with Crippen LogP contribution in [-0.2, 0) is 22.6 Å². The van der Waals surface area contributed by atoms with Crippen LogP contribution in [0.4, 0.5) is 0 Å². The molecule has 124 valence electrons. The maximum Gasteiger partial charge on any atom is 0.239 e. The van der Waals surface area contributed by atoms with E-state index in [1.807, 2.05) is 35.0 Å². The van der Waals surface area contributed by atoms with E-state index in [0.717, 1.165) is 55.0 Å². The lowest BCUT2D eigenvalue weighted by molar-refractivity contribution is -0.121. The second-order valence-corrected chi connectivity index (χ2v) is 5.72. The third kappa shape index (κ3) is 4.93. The van der Waals surface area contributed by atoms with Gasteiger partial charge >= 0.3 is 0 Å². The van der Waals surface area contributed by atoms with Crippen LogP contribution in [0.25, 0.3) is 10.9 Å². The van der Waals surface area contributed by atoms with Crippen LogP contribution in [0.2, 0.25) is 0 Å². The predicted octanol–water partition coefficient (Wildman–Crippen LogP) is 2.02. The highest BCUT2D eigenvalue weighted by Gasteiger charge is 2.10. The number of aldehydes is 1. The smallest absolute Gasteiger partial charge is 0.239 e. The van der Waals surface area contributed by atoms with Crippen molar-refractivity contribution < 1.29 is 9.59 Å². The molecule has 0 saturated carbocycles. The monoisotopic (exact) mass is 315 g/mol. The van der Waals surface area contributed by atoms with Crippen molar-refractivity contribution in [3.05, 3.63) is 36.0 Å². The molecule has 5 heteroatoms. The standard InChI is InChI=1S/C18H25N3O2/c19-10-5-1-2-6-11-20-18(23)14-21-13-15(9-12-22)16-7-3-4-8-17(16)21/h3-4,7-8,12-13H,1-2,5-6,9-11,14,19H2,(H,20,23). The number of aromatic nitrogens is 1. The lowest BCUT2D eigenvalue weighted by Crippen LogP contribution is -2.28. The van der Waals surface area contributed by atoms with Crippen molar-refractivity contribution in [2.75, 3.05) is 13.1 Å². The summed E-state index contributed by atoms with van der Waals surface area (Å²) in [5.74, 6) is 0.00207. The zero-order valence-electron chi connectivity index (χ0n) is 13.5. The maximum atomic E-state index is 12.1. The van der Waals surface area contributed by atoms with Crippen molar-refractivity contribution in [3.63, 3.8) is 0 Å². The number of rotatable bonds is 10. The second-order valence-electron chi connectivity index (χ2n) is 5.72. The Balaban J connectivity index is 1.90. The molecular weight excluding hydrogens is 290 g/mol. The highest BCUT2D eigenvalue weighted by atomic mass is 16.1. The van der Waals surface area contributed by atoms with Crippen LogP contribution in [0.15, 0.2) is 30.5 Å². The van der Waals surface area contributed by atoms with Gasteiger partial charge in [-0.3, -0.25) is 4.79 Å². The molecule has 0 saturated heterocycles. The number of carbonyl (C=O) groups is 2. The normalized spacial score (nSPS) is 10.8. The number of hydrogen-bond donors (Lipinski definition) is 2. The fraction of sp³-hybridized carbons (Fsp3) is 0.444. The lowest BCUT2D eigenvalue weighted by Gasteiger charge is -2.07. The molecule has 5 nitrogen and oxygen atoms in total. The van der Waals surface area contributed by atoms with Gasteiger partial charge in [0.1, 0.15) is 12.8 Å². The number of para-hydroxylation sites is 1. The topological polar surface area (TPSA) is 77.1 Å². The van der Waals surface area contributed by atoms with Crippen LogP contribution in [0.3, 0.4) is 0 Å². The van der Waals surface area contributed by atoms with Crippen LogP contribution in [0.1, 0.15) is 31.2 Å². The first-order valence-corrected chi connectivity index (χ1v) is 8.23. The van der Waals surface area contributed by atoms with Crippen molar-refractivity contribution in [1.29, 1.82) is 0 Å². The SMILES string of the molecule is NCCCCCCNC(=O)Cn1cc(CC=O)c2ccccc21. The van der Waals surface area contributed by atoms with Gasteiger partial charge in [-0.25, -0.2) is 0 Å². The van der Waals surface area contributed by atoms with E-state index in [4.69, 9.17) is 5.73 Å². The van der Waals surface area contributed by atoms with E-state index in [-0.39, 0.29) is 12.5 Å². The zero-order valence-corrected chi connectivity index (χ0v) is 13.5. The number of nitrogens with two attached hydrogens (primary N) is 1. The Labute approximate surface area is 136 Å². The Hall–Kier alpha value is -2.14. The Morgan fingerprint density at radius 1 is 1.17 bits per heavy atom. The van der Waals surface area contributed by atoms with Crippen LogP contribution in [0, 0.1) is 0 Å². The van der Waals surface area contributed by atoms with Crippen molar-refractivity contribution >= 4 is 23.1 Å². The van der Waals surface area contributed by atoms with Crippen LogP contribution < -0.4 is 11.1 Å². The molecule has 2 rings (SSSR count). The molecule has 23 heavy (non-hydrogen) atoms. The number of hydrogen-bond acceptors (Lipinski definition) is 3. The zero-order chi connectivity index (χ0) is 16.5. The van der Waals surface area contributed by atoms with Crippen LogP contribution in [-0.4, -0.2) is 29.8 Å². The summed E-state index contributed by atoms with van der Waals surface area (Å²) in [5, 5.41) is 3.99. The van der Waals surface area contributed by atoms with Gasteiger partial charge in [-0.1, -0.05) is 31.0 Å². The molecule has 1 aromatic heterocycles. The van der Waals surface area contributed by atoms with Gasteiger partial charge in [-0.2, -0.15) is 0 Å². The summed E-state index contributed by atoms with van der Waals surface area (Å²) in [7, 11) is 0. The largest absolute Gasteiger partial charge is 0.355 e. The summed E-state index contributed by atoms with van der Waals surface area (Å²) in [5.41, 5.74) is 7.40. The molecule has 0 spiro atoms. The van der Waals surface area contributed by atoms with E-state index < -0.39 is 0 Å². The molecular formula is C18H25N3O2. The fourth-order valence-electron chi connectivity index (χ4n) is 2.77. The molecule has 0 bridgehead atoms. The predicted molar refractivity (Wildman–Crippen MR) is 92.2 cm³/mol. The minimum absolute atomic E-state index is 0.00207. The second kappa shape index (κ2) is 9.10. The average molecular weight is 315 g/mol. The van der Waals surface area contributed by atoms with Gasteiger partial charge in [0.15, 0.2) is 0 Å². The number of carbonyl (C=O) groups excluding carboxylic acids is 2. The van der Waals surface area contributed by atoms with Gasteiger partial charge in [0.25, 0.3) is 0 Å². The molecule has 0 atom stereocenters. The van der Waals surface area contributed by atoms with Crippen molar-refractivity contribution in [2.24, 2.45) is 5.73 Å². The summed E-state index contributed by atoms with van der Waals surface area (Å²) in [4.78, 5) is 22.9. The molecule has 0 fully saturated rings. The number of nitrogens with zero attached hydrogens (tertiary/aromatic N) is 1. The van der Waals surface area contributed by atoms with Crippen molar-refractivity contribution in [2.45, 2.75) is 38.6 Å². The minimum Gasteiger partial charge on any atom is -0.355 e. The molecule has 3 N–H and O–H groups in total. The molecule has 1 heterocycles. The van der Waals surface area contributed by atoms with Crippen molar-refractivity contribution in [1.82, 2.24) is 9.88 Å². The Kier molecular flexibility index (Phi) is 6.81. The maximum absolute atomic E-state index is 12.1. The van der Waals surface area contributed by atoms with Gasteiger partial charge in [-0.05, 0) is 31.0 Å². The first-order chi connectivity index (χ1) is 11.3. The molecule has 0 aliphatic carbocycles. The number of amides is 1. The van der Waals surface area contributed by atoms with E-state index in [9.17, 15) is 9.59 Å². The molecule has 0 aliphatic heterocycles. The van der Waals surface area contributed by atoms with E-state index >= 15 is 0 Å². The minimum atomic E-state index is 0.00207. The first kappa shape index (κ1) is 17.2. The summed E-state index contributed by atoms with van der Waals surface area (Å²) < 4.78 is 1.91. The van der Waals surface area contributed by atoms with Gasteiger partial charge in [0.2, 0.25) is 5.91 Å². The van der Waals surface area contributed by atoms with E-state index in [2.05, 4.69) is 5.32 Å². The summed E-state index contributed by atoms with van der Waals surface area (Å²) >= 11 is 0. The van der Waals surface area contributed by atoms with E-state index in [1.165, 1.54) is 0 Å². The van der Waals surface area contributed by atoms with Gasteiger partial charge < -0.3 is 20.4 Å². The van der Waals surface area contributed by atoms with Gasteiger partial charge in [0.05, 0.1) is 0 Å². The fourth-order valence-corrected chi connectivity index (χ4v) is 2.77. The molecule has 0 unspecified atom stereocenters. The highest BCUT2D eigenvalue weighted by molar-refractivity contribution is 5.87. The van der Waals surface area contributed by atoms with Crippen LogP contribution >= 0.6 is 0 Å².